The molecule has 1 aliphatic rings. The lowest BCUT2D eigenvalue weighted by Gasteiger charge is -2.22. The highest BCUT2D eigenvalue weighted by Crippen LogP contribution is 2.21. The minimum Gasteiger partial charge on any atom is -0.483 e. The average molecular weight is 289 g/mol. The molecule has 0 bridgehead atoms. The van der Waals surface area contributed by atoms with Gasteiger partial charge in [-0.05, 0) is 38.8 Å². The summed E-state index contributed by atoms with van der Waals surface area (Å²) in [5.41, 5.74) is 1.53. The van der Waals surface area contributed by atoms with Gasteiger partial charge in [0.05, 0.1) is 5.56 Å². The molecule has 0 heterocycles. The van der Waals surface area contributed by atoms with Crippen LogP contribution < -0.4 is 10.1 Å². The van der Waals surface area contributed by atoms with Crippen molar-refractivity contribution >= 4 is 11.7 Å². The molecule has 0 saturated heterocycles. The van der Waals surface area contributed by atoms with Crippen LogP contribution in [0.3, 0.4) is 0 Å². The van der Waals surface area contributed by atoms with Crippen LogP contribution in [0.25, 0.3) is 0 Å². The number of carbonyl (C=O) groups excluding carboxylic acids is 2. The Hall–Kier alpha value is -1.84. The van der Waals surface area contributed by atoms with E-state index in [1.165, 1.54) is 26.2 Å². The van der Waals surface area contributed by atoms with Crippen molar-refractivity contribution in [1.29, 1.82) is 0 Å². The zero-order valence-corrected chi connectivity index (χ0v) is 12.8. The number of nitrogens with one attached hydrogen (secondary N) is 1. The van der Waals surface area contributed by atoms with E-state index in [1.54, 1.807) is 12.1 Å². The Kier molecular flexibility index (Phi) is 5.37. The van der Waals surface area contributed by atoms with E-state index in [0.29, 0.717) is 11.3 Å². The molecule has 2 rings (SSSR count). The summed E-state index contributed by atoms with van der Waals surface area (Å²) in [5.74, 6) is 0.310. The van der Waals surface area contributed by atoms with Gasteiger partial charge >= 0.3 is 0 Å². The maximum Gasteiger partial charge on any atom is 0.258 e. The molecule has 1 aromatic carbocycles. The fourth-order valence-corrected chi connectivity index (χ4v) is 2.70. The number of benzene rings is 1. The van der Waals surface area contributed by atoms with Gasteiger partial charge in [-0.25, -0.2) is 0 Å². The van der Waals surface area contributed by atoms with Crippen LogP contribution in [0.2, 0.25) is 0 Å². The standard InChI is InChI=1S/C17H23NO3/c1-12-8-9-16(15(10-12)13(2)19)21-11-17(20)18-14-6-4-3-5-7-14/h8-10,14H,3-7,11H2,1-2H3,(H,18,20). The van der Waals surface area contributed by atoms with Gasteiger partial charge in [-0.3, -0.25) is 9.59 Å². The van der Waals surface area contributed by atoms with Crippen molar-refractivity contribution in [1.82, 2.24) is 5.32 Å². The van der Waals surface area contributed by atoms with E-state index in [9.17, 15) is 9.59 Å². The summed E-state index contributed by atoms with van der Waals surface area (Å²) in [6.45, 7) is 3.38. The Labute approximate surface area is 125 Å². The van der Waals surface area contributed by atoms with Gasteiger partial charge in [0.25, 0.3) is 5.91 Å². The van der Waals surface area contributed by atoms with Crippen LogP contribution in [0.4, 0.5) is 0 Å². The van der Waals surface area contributed by atoms with Crippen molar-refractivity contribution in [3.05, 3.63) is 29.3 Å². The number of hydrogen-bond donors (Lipinski definition) is 1. The molecular formula is C17H23NO3. The maximum atomic E-state index is 11.9. The molecule has 21 heavy (non-hydrogen) atoms. The Morgan fingerprint density at radius 2 is 1.95 bits per heavy atom. The molecule has 0 radical (unpaired) electrons. The second-order valence-corrected chi connectivity index (χ2v) is 5.75. The average Bonchev–Trinajstić information content (AvgIpc) is 2.47. The summed E-state index contributed by atoms with van der Waals surface area (Å²) in [6, 6.07) is 5.69. The quantitative estimate of drug-likeness (QED) is 0.848. The van der Waals surface area contributed by atoms with Gasteiger partial charge < -0.3 is 10.1 Å². The molecule has 1 aliphatic carbocycles. The van der Waals surface area contributed by atoms with Gasteiger partial charge in [-0.1, -0.05) is 30.9 Å². The van der Waals surface area contributed by atoms with Crippen LogP contribution >= 0.6 is 0 Å². The number of amides is 1. The van der Waals surface area contributed by atoms with Crippen LogP contribution in [-0.4, -0.2) is 24.3 Å². The van der Waals surface area contributed by atoms with Crippen LogP contribution in [0.15, 0.2) is 18.2 Å². The highest BCUT2D eigenvalue weighted by atomic mass is 16.5. The zero-order valence-electron chi connectivity index (χ0n) is 12.8. The fourth-order valence-electron chi connectivity index (χ4n) is 2.70. The number of hydrogen-bond acceptors (Lipinski definition) is 3. The molecule has 0 unspecified atom stereocenters. The normalized spacial score (nSPS) is 15.5. The molecule has 1 amide bonds. The predicted molar refractivity (Wildman–Crippen MR) is 81.7 cm³/mol. The Bertz CT molecular complexity index is 519. The molecule has 0 aliphatic heterocycles. The molecule has 4 heteroatoms. The Morgan fingerprint density at radius 3 is 2.62 bits per heavy atom. The molecule has 1 N–H and O–H groups in total. The number of aryl methyl sites for hydroxylation is 1. The lowest BCUT2D eigenvalue weighted by Crippen LogP contribution is -2.39. The Morgan fingerprint density at radius 1 is 1.24 bits per heavy atom. The number of Topliss-reactive ketones (excluding diaryl/α,β-unsaturated/α-hetero) is 1. The summed E-state index contributed by atoms with van der Waals surface area (Å²) < 4.78 is 5.52. The van der Waals surface area contributed by atoms with Crippen LogP contribution in [0.1, 0.15) is 54.9 Å². The van der Waals surface area contributed by atoms with Crippen molar-refractivity contribution in [2.75, 3.05) is 6.61 Å². The third-order valence-electron chi connectivity index (χ3n) is 3.84. The van der Waals surface area contributed by atoms with E-state index in [4.69, 9.17) is 4.74 Å². The molecule has 1 fully saturated rings. The van der Waals surface area contributed by atoms with Crippen molar-refractivity contribution < 1.29 is 14.3 Å². The predicted octanol–water partition coefficient (Wildman–Crippen LogP) is 3.03. The summed E-state index contributed by atoms with van der Waals surface area (Å²) in [7, 11) is 0. The molecule has 0 atom stereocenters. The van der Waals surface area contributed by atoms with E-state index in [1.807, 2.05) is 13.0 Å². The van der Waals surface area contributed by atoms with Crippen LogP contribution in [-0.2, 0) is 4.79 Å². The second kappa shape index (κ2) is 7.25. The third kappa shape index (κ3) is 4.59. The highest BCUT2D eigenvalue weighted by molar-refractivity contribution is 5.97. The number of ether oxygens (including phenoxy) is 1. The summed E-state index contributed by atoms with van der Waals surface area (Å²) in [4.78, 5) is 23.5. The van der Waals surface area contributed by atoms with E-state index in [0.717, 1.165) is 18.4 Å². The van der Waals surface area contributed by atoms with Crippen molar-refractivity contribution in [2.24, 2.45) is 0 Å². The van der Waals surface area contributed by atoms with E-state index in [-0.39, 0.29) is 24.3 Å². The van der Waals surface area contributed by atoms with Crippen molar-refractivity contribution in [3.8, 4) is 5.75 Å². The van der Waals surface area contributed by atoms with Gasteiger partial charge in [0, 0.05) is 6.04 Å². The fraction of sp³-hybridized carbons (Fsp3) is 0.529. The van der Waals surface area contributed by atoms with Gasteiger partial charge in [-0.2, -0.15) is 0 Å². The topological polar surface area (TPSA) is 55.4 Å². The van der Waals surface area contributed by atoms with E-state index >= 15 is 0 Å². The van der Waals surface area contributed by atoms with Crippen molar-refractivity contribution in [3.63, 3.8) is 0 Å². The van der Waals surface area contributed by atoms with Crippen LogP contribution in [0, 0.1) is 6.92 Å². The first-order valence-electron chi connectivity index (χ1n) is 7.60. The largest absolute Gasteiger partial charge is 0.483 e. The third-order valence-corrected chi connectivity index (χ3v) is 3.84. The van der Waals surface area contributed by atoms with Crippen LogP contribution in [0.5, 0.6) is 5.75 Å². The van der Waals surface area contributed by atoms with Crippen molar-refractivity contribution in [2.45, 2.75) is 52.0 Å². The van der Waals surface area contributed by atoms with Gasteiger partial charge in [-0.15, -0.1) is 0 Å². The lowest BCUT2D eigenvalue weighted by atomic mass is 9.95. The second-order valence-electron chi connectivity index (χ2n) is 5.75. The monoisotopic (exact) mass is 289 g/mol. The molecule has 0 aromatic heterocycles. The van der Waals surface area contributed by atoms with Gasteiger partial charge in [0.15, 0.2) is 12.4 Å². The molecule has 1 saturated carbocycles. The zero-order chi connectivity index (χ0) is 15.2. The lowest BCUT2D eigenvalue weighted by molar-refractivity contribution is -0.124. The number of ketones is 1. The van der Waals surface area contributed by atoms with Gasteiger partial charge in [0.2, 0.25) is 0 Å². The maximum absolute atomic E-state index is 11.9. The van der Waals surface area contributed by atoms with E-state index < -0.39 is 0 Å². The molecule has 114 valence electrons. The van der Waals surface area contributed by atoms with Gasteiger partial charge in [0.1, 0.15) is 5.75 Å². The SMILES string of the molecule is CC(=O)c1cc(C)ccc1OCC(=O)NC1CCCCC1. The molecule has 1 aromatic rings. The minimum absolute atomic E-state index is 0.0418. The highest BCUT2D eigenvalue weighted by Gasteiger charge is 2.16. The van der Waals surface area contributed by atoms with E-state index in [2.05, 4.69) is 5.32 Å². The summed E-state index contributed by atoms with van der Waals surface area (Å²) in [6.07, 6.45) is 5.72. The summed E-state index contributed by atoms with van der Waals surface area (Å²) in [5, 5.41) is 3.00. The minimum atomic E-state index is -0.114. The first-order chi connectivity index (χ1) is 10.1. The Balaban J connectivity index is 1.90. The summed E-state index contributed by atoms with van der Waals surface area (Å²) >= 11 is 0. The smallest absolute Gasteiger partial charge is 0.258 e. The molecule has 4 nitrogen and oxygen atoms in total. The first-order valence-corrected chi connectivity index (χ1v) is 7.60. The molecular weight excluding hydrogens is 266 g/mol. The number of rotatable bonds is 5. The number of carbonyl (C=O) groups is 2. The first kappa shape index (κ1) is 15.5. The molecule has 0 spiro atoms.